The van der Waals surface area contributed by atoms with E-state index < -0.39 is 5.82 Å². The van der Waals surface area contributed by atoms with Crippen molar-refractivity contribution in [2.45, 2.75) is 32.7 Å². The number of amides is 1. The molecule has 2 aromatic carbocycles. The number of hydrogen-bond acceptors (Lipinski definition) is 7. The summed E-state index contributed by atoms with van der Waals surface area (Å²) < 4.78 is 14.7. The van der Waals surface area contributed by atoms with Crippen LogP contribution in [0.2, 0.25) is 0 Å². The zero-order valence-corrected chi connectivity index (χ0v) is 19.6. The molecule has 9 heteroatoms. The van der Waals surface area contributed by atoms with E-state index in [0.717, 1.165) is 49.0 Å². The van der Waals surface area contributed by atoms with Crippen LogP contribution < -0.4 is 15.5 Å². The lowest BCUT2D eigenvalue weighted by molar-refractivity contribution is 0.0943. The van der Waals surface area contributed by atoms with Gasteiger partial charge in [0.15, 0.2) is 5.82 Å². The standard InChI is InChI=1S/C26H26FN7O/c1-16(2)30-24(35)17-5-8-20(9-6-17)31-25-28-15-21(27)23(33-25)18-7-10-22-19(13-18)14-29-26(32-22)34-11-3-4-12-34/h5-10,13-16H,3-4,11-12H2,1-2H3,(H,30,35)(H,28,31,33). The molecule has 178 valence electrons. The van der Waals surface area contributed by atoms with Crippen molar-refractivity contribution in [2.24, 2.45) is 0 Å². The number of rotatable bonds is 6. The third kappa shape index (κ3) is 5.03. The molecule has 35 heavy (non-hydrogen) atoms. The van der Waals surface area contributed by atoms with Crippen LogP contribution in [0, 0.1) is 5.82 Å². The number of aromatic nitrogens is 4. The first-order chi connectivity index (χ1) is 17.0. The van der Waals surface area contributed by atoms with E-state index in [1.54, 1.807) is 36.5 Å². The van der Waals surface area contributed by atoms with Gasteiger partial charge in [-0.05, 0) is 63.1 Å². The molecule has 0 aliphatic carbocycles. The highest BCUT2D eigenvalue weighted by Gasteiger charge is 2.16. The molecule has 8 nitrogen and oxygen atoms in total. The zero-order chi connectivity index (χ0) is 24.4. The molecule has 4 aromatic rings. The predicted octanol–water partition coefficient (Wildman–Crippen LogP) is 4.71. The first kappa shape index (κ1) is 22.6. The van der Waals surface area contributed by atoms with Crippen LogP contribution in [0.5, 0.6) is 0 Å². The number of anilines is 3. The van der Waals surface area contributed by atoms with Gasteiger partial charge in [-0.15, -0.1) is 0 Å². The molecule has 1 aliphatic heterocycles. The van der Waals surface area contributed by atoms with Crippen molar-refractivity contribution in [3.05, 3.63) is 66.2 Å². The monoisotopic (exact) mass is 471 g/mol. The fraction of sp³-hybridized carbons (Fsp3) is 0.269. The maximum atomic E-state index is 14.7. The topological polar surface area (TPSA) is 95.9 Å². The SMILES string of the molecule is CC(C)NC(=O)c1ccc(Nc2ncc(F)c(-c3ccc4nc(N5CCCC5)ncc4c3)n2)cc1. The molecule has 0 spiro atoms. The molecule has 3 heterocycles. The minimum Gasteiger partial charge on any atom is -0.350 e. The normalized spacial score (nSPS) is 13.4. The summed E-state index contributed by atoms with van der Waals surface area (Å²) in [6, 6.07) is 12.5. The minimum atomic E-state index is -0.523. The average molecular weight is 472 g/mol. The van der Waals surface area contributed by atoms with Crippen LogP contribution in [-0.4, -0.2) is 45.0 Å². The van der Waals surface area contributed by atoms with Gasteiger partial charge in [0.1, 0.15) is 5.69 Å². The van der Waals surface area contributed by atoms with Crippen LogP contribution >= 0.6 is 0 Å². The highest BCUT2D eigenvalue weighted by Crippen LogP contribution is 2.27. The van der Waals surface area contributed by atoms with Crippen LogP contribution in [0.15, 0.2) is 54.9 Å². The Kier molecular flexibility index (Phi) is 6.22. The lowest BCUT2D eigenvalue weighted by Crippen LogP contribution is -2.29. The van der Waals surface area contributed by atoms with E-state index in [0.29, 0.717) is 16.8 Å². The van der Waals surface area contributed by atoms with Gasteiger partial charge in [-0.25, -0.2) is 24.3 Å². The van der Waals surface area contributed by atoms with Crippen molar-refractivity contribution < 1.29 is 9.18 Å². The molecule has 0 atom stereocenters. The molecule has 0 radical (unpaired) electrons. The molecule has 2 N–H and O–H groups in total. The summed E-state index contributed by atoms with van der Waals surface area (Å²) in [5, 5.41) is 6.74. The summed E-state index contributed by atoms with van der Waals surface area (Å²) in [6.07, 6.45) is 5.23. The van der Waals surface area contributed by atoms with Crippen molar-refractivity contribution >= 4 is 34.4 Å². The van der Waals surface area contributed by atoms with Gasteiger partial charge in [0.05, 0.1) is 11.7 Å². The Labute approximate surface area is 202 Å². The van der Waals surface area contributed by atoms with Crippen LogP contribution in [0.4, 0.5) is 22.0 Å². The molecule has 1 aliphatic rings. The summed E-state index contributed by atoms with van der Waals surface area (Å²) in [7, 11) is 0. The predicted molar refractivity (Wildman–Crippen MR) is 134 cm³/mol. The summed E-state index contributed by atoms with van der Waals surface area (Å²) >= 11 is 0. The van der Waals surface area contributed by atoms with E-state index in [9.17, 15) is 9.18 Å². The van der Waals surface area contributed by atoms with Crippen LogP contribution in [0.1, 0.15) is 37.0 Å². The van der Waals surface area contributed by atoms with Crippen LogP contribution in [0.25, 0.3) is 22.2 Å². The average Bonchev–Trinajstić information content (AvgIpc) is 3.40. The van der Waals surface area contributed by atoms with E-state index in [1.807, 2.05) is 26.0 Å². The fourth-order valence-corrected chi connectivity index (χ4v) is 4.05. The number of nitrogens with zero attached hydrogens (tertiary/aromatic N) is 5. The quantitative estimate of drug-likeness (QED) is 0.420. The second-order valence-electron chi connectivity index (χ2n) is 8.86. The third-order valence-electron chi connectivity index (χ3n) is 5.80. The van der Waals surface area contributed by atoms with Crippen LogP contribution in [0.3, 0.4) is 0 Å². The van der Waals surface area contributed by atoms with Gasteiger partial charge in [-0.2, -0.15) is 0 Å². The number of benzene rings is 2. The smallest absolute Gasteiger partial charge is 0.251 e. The molecular weight excluding hydrogens is 445 g/mol. The number of carbonyl (C=O) groups excluding carboxylic acids is 1. The number of halogens is 1. The maximum absolute atomic E-state index is 14.7. The van der Waals surface area contributed by atoms with E-state index in [-0.39, 0.29) is 23.6 Å². The summed E-state index contributed by atoms with van der Waals surface area (Å²) in [5.41, 5.74) is 2.83. The minimum absolute atomic E-state index is 0.0557. The van der Waals surface area contributed by atoms with E-state index in [2.05, 4.69) is 35.5 Å². The number of carbonyl (C=O) groups is 1. The van der Waals surface area contributed by atoms with Gasteiger partial charge < -0.3 is 15.5 Å². The molecule has 0 saturated carbocycles. The van der Waals surface area contributed by atoms with Crippen LogP contribution in [-0.2, 0) is 0 Å². The molecule has 0 unspecified atom stereocenters. The van der Waals surface area contributed by atoms with Crippen molar-refractivity contribution in [2.75, 3.05) is 23.3 Å². The zero-order valence-electron chi connectivity index (χ0n) is 19.6. The largest absolute Gasteiger partial charge is 0.350 e. The molecular formula is C26H26FN7O. The molecule has 5 rings (SSSR count). The first-order valence-electron chi connectivity index (χ1n) is 11.7. The van der Waals surface area contributed by atoms with Gasteiger partial charge in [-0.3, -0.25) is 4.79 Å². The highest BCUT2D eigenvalue weighted by molar-refractivity contribution is 5.94. The Morgan fingerprint density at radius 3 is 2.51 bits per heavy atom. The van der Waals surface area contributed by atoms with Crippen molar-refractivity contribution in [1.82, 2.24) is 25.3 Å². The Balaban J connectivity index is 1.37. The van der Waals surface area contributed by atoms with Gasteiger partial charge in [0.25, 0.3) is 5.91 Å². The Morgan fingerprint density at radius 1 is 1.00 bits per heavy atom. The number of nitrogens with one attached hydrogen (secondary N) is 2. The second-order valence-corrected chi connectivity index (χ2v) is 8.86. The van der Waals surface area contributed by atoms with Crippen molar-refractivity contribution in [3.8, 4) is 11.3 Å². The lowest BCUT2D eigenvalue weighted by atomic mass is 10.1. The lowest BCUT2D eigenvalue weighted by Gasteiger charge is -2.15. The van der Waals surface area contributed by atoms with Gasteiger partial charge >= 0.3 is 0 Å². The Hall–Kier alpha value is -4.14. The summed E-state index contributed by atoms with van der Waals surface area (Å²) in [4.78, 5) is 31.9. The fourth-order valence-electron chi connectivity index (χ4n) is 4.05. The Morgan fingerprint density at radius 2 is 1.77 bits per heavy atom. The van der Waals surface area contributed by atoms with Crippen molar-refractivity contribution in [3.63, 3.8) is 0 Å². The molecule has 1 amide bonds. The summed E-state index contributed by atoms with van der Waals surface area (Å²) in [5.74, 6) is 0.321. The second kappa shape index (κ2) is 9.61. The van der Waals surface area contributed by atoms with E-state index in [4.69, 9.17) is 0 Å². The van der Waals surface area contributed by atoms with E-state index in [1.165, 1.54) is 0 Å². The highest BCUT2D eigenvalue weighted by atomic mass is 19.1. The first-order valence-corrected chi connectivity index (χ1v) is 11.7. The van der Waals surface area contributed by atoms with Gasteiger partial charge in [0.2, 0.25) is 11.9 Å². The molecule has 1 fully saturated rings. The van der Waals surface area contributed by atoms with E-state index >= 15 is 0 Å². The number of fused-ring (bicyclic) bond motifs is 1. The van der Waals surface area contributed by atoms with Crippen molar-refractivity contribution in [1.29, 1.82) is 0 Å². The summed E-state index contributed by atoms with van der Waals surface area (Å²) in [6.45, 7) is 5.76. The Bertz CT molecular complexity index is 1370. The number of hydrogen-bond donors (Lipinski definition) is 2. The molecule has 2 aromatic heterocycles. The third-order valence-corrected chi connectivity index (χ3v) is 5.80. The maximum Gasteiger partial charge on any atom is 0.251 e. The molecule has 0 bridgehead atoms. The molecule has 1 saturated heterocycles. The van der Waals surface area contributed by atoms with Gasteiger partial charge in [-0.1, -0.05) is 6.07 Å². The van der Waals surface area contributed by atoms with Gasteiger partial charge in [0, 0.05) is 47.5 Å².